The minimum atomic E-state index is -1.10. The smallest absolute Gasteiger partial charge is 0.336 e. The minimum Gasteiger partial charge on any atom is -0.484 e. The lowest BCUT2D eigenvalue weighted by molar-refractivity contribution is -0.465. The highest BCUT2D eigenvalue weighted by atomic mass is 16.5. The molecule has 0 saturated heterocycles. The van der Waals surface area contributed by atoms with Crippen LogP contribution in [0.25, 0.3) is 5.57 Å². The van der Waals surface area contributed by atoms with Gasteiger partial charge in [0.05, 0.1) is 17.7 Å². The Morgan fingerprint density at radius 2 is 1.72 bits per heavy atom. The van der Waals surface area contributed by atoms with Crippen molar-refractivity contribution in [1.29, 1.82) is 0 Å². The van der Waals surface area contributed by atoms with Gasteiger partial charge in [0.1, 0.15) is 25.9 Å². The van der Waals surface area contributed by atoms with Crippen molar-refractivity contribution in [2.75, 3.05) is 38.0 Å². The number of hydrogen-bond acceptors (Lipinski definition) is 5. The lowest BCUT2D eigenvalue weighted by Gasteiger charge is -2.33. The summed E-state index contributed by atoms with van der Waals surface area (Å²) in [6.07, 6.45) is 6.68. The second-order valence-electron chi connectivity index (χ2n) is 9.32. The first-order chi connectivity index (χ1) is 17.2. The lowest BCUT2D eigenvalue weighted by atomic mass is 9.82. The number of anilines is 2. The maximum atomic E-state index is 12.4. The molecule has 2 heterocycles. The number of ether oxygens (including phenoxy) is 1. The number of fused-ring (bicyclic) bond motifs is 2. The second kappa shape index (κ2) is 8.64. The topological polar surface area (TPSA) is 90.2 Å². The predicted molar refractivity (Wildman–Crippen MR) is 137 cm³/mol. The summed E-state index contributed by atoms with van der Waals surface area (Å²) in [5.74, 6) is -1.38. The highest BCUT2D eigenvalue weighted by Crippen LogP contribution is 2.45. The van der Waals surface area contributed by atoms with Crippen molar-refractivity contribution in [3.63, 3.8) is 0 Å². The Balaban J connectivity index is 1.79. The quantitative estimate of drug-likeness (QED) is 0.530. The Morgan fingerprint density at radius 1 is 1.00 bits per heavy atom. The number of carbonyl (C=O) groups is 3. The number of amides is 2. The van der Waals surface area contributed by atoms with E-state index in [0.29, 0.717) is 29.0 Å². The van der Waals surface area contributed by atoms with Crippen molar-refractivity contribution in [3.05, 3.63) is 83.0 Å². The molecule has 1 N–H and O–H groups in total. The van der Waals surface area contributed by atoms with Gasteiger partial charge in [0.15, 0.2) is 5.71 Å². The van der Waals surface area contributed by atoms with E-state index in [1.54, 1.807) is 6.07 Å². The fourth-order valence-corrected chi connectivity index (χ4v) is 4.76. The predicted octanol–water partition coefficient (Wildman–Crippen LogP) is 3.12. The molecule has 36 heavy (non-hydrogen) atoms. The molecular weight excluding hydrogens is 458 g/mol. The molecule has 0 fully saturated rings. The first-order valence-corrected chi connectivity index (χ1v) is 11.5. The molecule has 0 aromatic heterocycles. The number of carboxylic acid groups (broad SMARTS) is 1. The van der Waals surface area contributed by atoms with Gasteiger partial charge in [0.25, 0.3) is 11.8 Å². The number of rotatable bonds is 4. The Hall–Kier alpha value is -4.46. The molecule has 0 saturated carbocycles. The molecule has 182 valence electrons. The molecule has 8 heteroatoms. The van der Waals surface area contributed by atoms with Crippen LogP contribution < -0.4 is 14.5 Å². The molecule has 0 bridgehead atoms. The van der Waals surface area contributed by atoms with Crippen LogP contribution in [-0.2, 0) is 9.59 Å². The van der Waals surface area contributed by atoms with Crippen molar-refractivity contribution < 1.29 is 28.8 Å². The van der Waals surface area contributed by atoms with Crippen molar-refractivity contribution in [1.82, 2.24) is 0 Å². The molecule has 1 unspecified atom stereocenters. The Labute approximate surface area is 208 Å². The highest BCUT2D eigenvalue weighted by molar-refractivity contribution is 6.28. The monoisotopic (exact) mass is 484 g/mol. The van der Waals surface area contributed by atoms with E-state index in [2.05, 4.69) is 0 Å². The van der Waals surface area contributed by atoms with Gasteiger partial charge in [-0.1, -0.05) is 0 Å². The minimum absolute atomic E-state index is 0.0763. The van der Waals surface area contributed by atoms with Gasteiger partial charge in [-0.15, -0.1) is 0 Å². The zero-order chi connectivity index (χ0) is 25.7. The number of imide groups is 1. The Bertz CT molecular complexity index is 1440. The normalized spacial score (nSPS) is 18.3. The van der Waals surface area contributed by atoms with Crippen LogP contribution in [0.4, 0.5) is 11.4 Å². The molecule has 1 aliphatic carbocycles. The third-order valence-corrected chi connectivity index (χ3v) is 6.65. The molecule has 5 rings (SSSR count). The van der Waals surface area contributed by atoms with Crippen LogP contribution in [-0.4, -0.2) is 67.5 Å². The fraction of sp³-hybridized carbons (Fsp3) is 0.214. The molecule has 3 aliphatic rings. The summed E-state index contributed by atoms with van der Waals surface area (Å²) in [6, 6.07) is 10.4. The number of nitrogens with zero attached hydrogens (tertiary/aromatic N) is 3. The molecule has 8 nitrogen and oxygen atoms in total. The van der Waals surface area contributed by atoms with E-state index < -0.39 is 17.8 Å². The van der Waals surface area contributed by atoms with Crippen LogP contribution in [0.15, 0.2) is 66.3 Å². The maximum absolute atomic E-state index is 12.4. The van der Waals surface area contributed by atoms with E-state index >= 15 is 0 Å². The molecule has 2 aliphatic heterocycles. The average Bonchev–Trinajstić information content (AvgIpc) is 3.18. The molecule has 0 radical (unpaired) electrons. The summed E-state index contributed by atoms with van der Waals surface area (Å²) in [7, 11) is 7.83. The number of carboxylic acids is 1. The van der Waals surface area contributed by atoms with Gasteiger partial charge in [-0.2, -0.15) is 0 Å². The van der Waals surface area contributed by atoms with E-state index in [1.165, 1.54) is 24.3 Å². The first kappa shape index (κ1) is 23.3. The average molecular weight is 485 g/mol. The van der Waals surface area contributed by atoms with Gasteiger partial charge in [-0.25, -0.2) is 14.3 Å². The van der Waals surface area contributed by atoms with E-state index in [9.17, 15) is 19.5 Å². The lowest BCUT2D eigenvalue weighted by Crippen LogP contribution is -2.32. The van der Waals surface area contributed by atoms with E-state index in [0.717, 1.165) is 27.4 Å². The summed E-state index contributed by atoms with van der Waals surface area (Å²) in [4.78, 5) is 40.1. The molecule has 2 aromatic carbocycles. The number of hydrogen-bond donors (Lipinski definition) is 1. The third-order valence-electron chi connectivity index (χ3n) is 6.65. The van der Waals surface area contributed by atoms with Crippen LogP contribution >= 0.6 is 0 Å². The highest BCUT2D eigenvalue weighted by Gasteiger charge is 2.35. The molecular formula is C28H26N3O5+. The number of aromatic carboxylic acids is 1. The number of benzene rings is 2. The first-order valence-electron chi connectivity index (χ1n) is 11.5. The maximum Gasteiger partial charge on any atom is 0.336 e. The zero-order valence-corrected chi connectivity index (χ0v) is 20.5. The van der Waals surface area contributed by atoms with Crippen LogP contribution in [0.2, 0.25) is 0 Å². The van der Waals surface area contributed by atoms with Crippen molar-refractivity contribution in [2.45, 2.75) is 12.5 Å². The summed E-state index contributed by atoms with van der Waals surface area (Å²) in [5, 5.41) is 10.1. The van der Waals surface area contributed by atoms with E-state index in [-0.39, 0.29) is 11.7 Å². The summed E-state index contributed by atoms with van der Waals surface area (Å²) >= 11 is 0. The molecule has 1 atom stereocenters. The van der Waals surface area contributed by atoms with Crippen LogP contribution in [0, 0.1) is 0 Å². The zero-order valence-electron chi connectivity index (χ0n) is 20.5. The van der Waals surface area contributed by atoms with Crippen LogP contribution in [0.5, 0.6) is 5.75 Å². The number of allylic oxidation sites excluding steroid dienone is 1. The van der Waals surface area contributed by atoms with Gasteiger partial charge < -0.3 is 14.7 Å². The van der Waals surface area contributed by atoms with E-state index in [1.807, 2.05) is 68.0 Å². The molecule has 0 spiro atoms. The van der Waals surface area contributed by atoms with Crippen molar-refractivity contribution >= 4 is 40.4 Å². The Kier molecular flexibility index (Phi) is 5.59. The Morgan fingerprint density at radius 3 is 2.36 bits per heavy atom. The summed E-state index contributed by atoms with van der Waals surface area (Å²) in [6.45, 7) is 0. The second-order valence-corrected chi connectivity index (χ2v) is 9.32. The SMILES string of the molecule is CN(C)c1ccc2c(c1)OC1CC(=[N+](C)C)C=CC1=C2c1cc(N2C(=O)C=CC2=O)ccc1C(=O)O. The van der Waals surface area contributed by atoms with Gasteiger partial charge in [0, 0.05) is 60.8 Å². The van der Waals surface area contributed by atoms with Gasteiger partial charge >= 0.3 is 5.97 Å². The largest absolute Gasteiger partial charge is 0.484 e. The molecule has 2 aromatic rings. The van der Waals surface area contributed by atoms with Gasteiger partial charge in [-0.3, -0.25) is 9.59 Å². The fourth-order valence-electron chi connectivity index (χ4n) is 4.76. The van der Waals surface area contributed by atoms with Gasteiger partial charge in [0.2, 0.25) is 0 Å². The van der Waals surface area contributed by atoms with Crippen molar-refractivity contribution in [2.24, 2.45) is 0 Å². The third kappa shape index (κ3) is 3.80. The van der Waals surface area contributed by atoms with Crippen LogP contribution in [0.3, 0.4) is 0 Å². The van der Waals surface area contributed by atoms with Crippen molar-refractivity contribution in [3.8, 4) is 5.75 Å². The summed E-state index contributed by atoms with van der Waals surface area (Å²) < 4.78 is 8.49. The van der Waals surface area contributed by atoms with Crippen LogP contribution in [0.1, 0.15) is 27.9 Å². The van der Waals surface area contributed by atoms with Gasteiger partial charge in [-0.05, 0) is 42.0 Å². The summed E-state index contributed by atoms with van der Waals surface area (Å²) in [5.41, 5.74) is 5.17. The molecule has 2 amide bonds. The van der Waals surface area contributed by atoms with E-state index in [4.69, 9.17) is 4.74 Å². The number of carbonyl (C=O) groups excluding carboxylic acids is 2. The standard InChI is InChI=1S/C28H25N3O5/c1-29(2)16-5-9-20-23(14-16)36-24-15-17(30(3)4)6-10-21(24)27(20)22-13-18(7-8-19(22)28(34)35)31-25(32)11-12-26(31)33/h5-14,24H,15H2,1-4H3/p+1.